The smallest absolute Gasteiger partial charge is 0.254 e. The minimum Gasteiger partial charge on any atom is -0.467 e. The molecule has 0 saturated carbocycles. The molecule has 2 amide bonds. The van der Waals surface area contributed by atoms with Gasteiger partial charge < -0.3 is 14.2 Å². The molecule has 0 saturated heterocycles. The van der Waals surface area contributed by atoms with E-state index in [-0.39, 0.29) is 18.4 Å². The highest BCUT2D eigenvalue weighted by atomic mass is 16.3. The summed E-state index contributed by atoms with van der Waals surface area (Å²) in [7, 11) is 0. The van der Waals surface area contributed by atoms with Crippen LogP contribution in [0, 0.1) is 0 Å². The van der Waals surface area contributed by atoms with E-state index in [1.165, 1.54) is 18.4 Å². The monoisotopic (exact) mass is 488 g/mol. The number of hydrogen-bond donors (Lipinski definition) is 0. The molecule has 2 aromatic carbocycles. The maximum Gasteiger partial charge on any atom is 0.254 e. The molecule has 0 unspecified atom stereocenters. The van der Waals surface area contributed by atoms with Crippen LogP contribution in [0.15, 0.2) is 77.4 Å². The maximum absolute atomic E-state index is 13.6. The summed E-state index contributed by atoms with van der Waals surface area (Å²) in [5, 5.41) is 0. The van der Waals surface area contributed by atoms with Crippen LogP contribution in [0.2, 0.25) is 0 Å². The highest BCUT2D eigenvalue weighted by Gasteiger charge is 2.31. The quantitative estimate of drug-likeness (QED) is 0.273. The average molecular weight is 489 g/mol. The van der Waals surface area contributed by atoms with Crippen molar-refractivity contribution in [1.29, 1.82) is 0 Å². The maximum atomic E-state index is 13.6. The molecule has 5 nitrogen and oxygen atoms in total. The topological polar surface area (TPSA) is 53.8 Å². The van der Waals surface area contributed by atoms with Gasteiger partial charge in [-0.15, -0.1) is 0 Å². The summed E-state index contributed by atoms with van der Waals surface area (Å²) in [6.45, 7) is 9.03. The number of carbonyl (C=O) groups excluding carboxylic acids is 2. The molecule has 0 N–H and O–H groups in total. The van der Waals surface area contributed by atoms with Crippen LogP contribution in [0.25, 0.3) is 0 Å². The van der Waals surface area contributed by atoms with Crippen LogP contribution in [0.3, 0.4) is 0 Å². The molecule has 0 spiro atoms. The first kappa shape index (κ1) is 27.3. The molecule has 0 aliphatic rings. The highest BCUT2D eigenvalue weighted by molar-refractivity contribution is 5.97. The van der Waals surface area contributed by atoms with Crippen molar-refractivity contribution in [1.82, 2.24) is 9.80 Å². The van der Waals surface area contributed by atoms with Crippen molar-refractivity contribution in [3.05, 3.63) is 95.4 Å². The van der Waals surface area contributed by atoms with E-state index in [1.807, 2.05) is 75.4 Å². The number of unbranched alkanes of at least 4 members (excludes halogenated alkanes) is 2. The molecule has 192 valence electrons. The first-order valence-corrected chi connectivity index (χ1v) is 13.0. The fraction of sp³-hybridized carbons (Fsp3) is 0.419. The summed E-state index contributed by atoms with van der Waals surface area (Å²) < 4.78 is 5.53. The Hall–Kier alpha value is -3.34. The second-order valence-corrected chi connectivity index (χ2v) is 10.3. The second kappa shape index (κ2) is 13.1. The lowest BCUT2D eigenvalue weighted by molar-refractivity contribution is -0.133. The Kier molecular flexibility index (Phi) is 9.92. The normalized spacial score (nSPS) is 11.3. The van der Waals surface area contributed by atoms with Crippen LogP contribution in [0.5, 0.6) is 0 Å². The summed E-state index contributed by atoms with van der Waals surface area (Å²) >= 11 is 0. The van der Waals surface area contributed by atoms with Crippen molar-refractivity contribution >= 4 is 11.8 Å². The summed E-state index contributed by atoms with van der Waals surface area (Å²) in [5.74, 6) is 0.502. The van der Waals surface area contributed by atoms with Crippen molar-refractivity contribution in [3.63, 3.8) is 0 Å². The van der Waals surface area contributed by atoms with Gasteiger partial charge in [0.1, 0.15) is 12.3 Å². The van der Waals surface area contributed by atoms with Crippen molar-refractivity contribution in [2.45, 2.75) is 71.9 Å². The van der Waals surface area contributed by atoms with E-state index >= 15 is 0 Å². The van der Waals surface area contributed by atoms with E-state index in [1.54, 1.807) is 16.1 Å². The number of benzene rings is 2. The standard InChI is InChI=1S/C31H40N2O3/c1-5-6-8-12-26-16-18-27(19-17-26)30(35)33(31(2,3)4)24-29(34)32(23-28-15-11-22-36-28)21-20-25-13-9-7-10-14-25/h7,9-11,13-19,22H,5-6,8,12,20-21,23-24H2,1-4H3. The molecule has 3 rings (SSSR count). The van der Waals surface area contributed by atoms with Crippen LogP contribution in [0.4, 0.5) is 0 Å². The van der Waals surface area contributed by atoms with Gasteiger partial charge >= 0.3 is 0 Å². The van der Waals surface area contributed by atoms with Gasteiger partial charge in [0, 0.05) is 17.6 Å². The van der Waals surface area contributed by atoms with Gasteiger partial charge in [0.05, 0.1) is 12.8 Å². The third-order valence-corrected chi connectivity index (χ3v) is 6.41. The minimum atomic E-state index is -0.512. The fourth-order valence-electron chi connectivity index (χ4n) is 4.19. The largest absolute Gasteiger partial charge is 0.467 e. The molecule has 0 aliphatic heterocycles. The molecule has 3 aromatic rings. The highest BCUT2D eigenvalue weighted by Crippen LogP contribution is 2.20. The van der Waals surface area contributed by atoms with E-state index in [0.29, 0.717) is 18.7 Å². The Balaban J connectivity index is 1.73. The zero-order chi connectivity index (χ0) is 26.0. The molecular weight excluding hydrogens is 448 g/mol. The zero-order valence-electron chi connectivity index (χ0n) is 22.2. The molecule has 5 heteroatoms. The molecular formula is C31H40N2O3. The van der Waals surface area contributed by atoms with E-state index in [9.17, 15) is 9.59 Å². The van der Waals surface area contributed by atoms with Gasteiger partial charge in [-0.05, 0) is 75.4 Å². The van der Waals surface area contributed by atoms with Gasteiger partial charge in [-0.1, -0.05) is 62.2 Å². The van der Waals surface area contributed by atoms with E-state index in [0.717, 1.165) is 30.6 Å². The van der Waals surface area contributed by atoms with Crippen molar-refractivity contribution in [3.8, 4) is 0 Å². The van der Waals surface area contributed by atoms with Crippen molar-refractivity contribution in [2.75, 3.05) is 13.1 Å². The van der Waals surface area contributed by atoms with Gasteiger partial charge in [-0.3, -0.25) is 9.59 Å². The molecule has 36 heavy (non-hydrogen) atoms. The van der Waals surface area contributed by atoms with Gasteiger partial charge in [-0.25, -0.2) is 0 Å². The van der Waals surface area contributed by atoms with Crippen LogP contribution in [-0.4, -0.2) is 40.2 Å². The molecule has 0 atom stereocenters. The number of carbonyl (C=O) groups is 2. The van der Waals surface area contributed by atoms with E-state index in [2.05, 4.69) is 19.1 Å². The Morgan fingerprint density at radius 3 is 2.14 bits per heavy atom. The molecule has 1 heterocycles. The molecule has 0 fully saturated rings. The van der Waals surface area contributed by atoms with Crippen LogP contribution < -0.4 is 0 Å². The van der Waals surface area contributed by atoms with Gasteiger partial charge in [0.15, 0.2) is 0 Å². The van der Waals surface area contributed by atoms with Gasteiger partial charge in [0.2, 0.25) is 5.91 Å². The molecule has 0 radical (unpaired) electrons. The average Bonchev–Trinajstić information content (AvgIpc) is 3.38. The van der Waals surface area contributed by atoms with Gasteiger partial charge in [-0.2, -0.15) is 0 Å². The Bertz CT molecular complexity index is 1070. The molecule has 1 aromatic heterocycles. The fourth-order valence-corrected chi connectivity index (χ4v) is 4.19. The third kappa shape index (κ3) is 8.11. The number of amides is 2. The van der Waals surface area contributed by atoms with E-state index in [4.69, 9.17) is 4.42 Å². The second-order valence-electron chi connectivity index (χ2n) is 10.3. The Labute approximate surface area is 216 Å². The lowest BCUT2D eigenvalue weighted by Gasteiger charge is -2.37. The van der Waals surface area contributed by atoms with Crippen LogP contribution >= 0.6 is 0 Å². The Morgan fingerprint density at radius 2 is 1.53 bits per heavy atom. The third-order valence-electron chi connectivity index (χ3n) is 6.41. The van der Waals surface area contributed by atoms with Crippen molar-refractivity contribution in [2.24, 2.45) is 0 Å². The summed E-state index contributed by atoms with van der Waals surface area (Å²) in [6, 6.07) is 21.7. The summed E-state index contributed by atoms with van der Waals surface area (Å²) in [4.78, 5) is 30.6. The predicted molar refractivity (Wildman–Crippen MR) is 145 cm³/mol. The summed E-state index contributed by atoms with van der Waals surface area (Å²) in [5.41, 5.74) is 2.50. The number of furan rings is 1. The predicted octanol–water partition coefficient (Wildman–Crippen LogP) is 6.52. The van der Waals surface area contributed by atoms with E-state index < -0.39 is 5.54 Å². The lowest BCUT2D eigenvalue weighted by Crippen LogP contribution is -2.51. The number of aryl methyl sites for hydroxylation is 1. The van der Waals surface area contributed by atoms with Gasteiger partial charge in [0.25, 0.3) is 5.91 Å². The lowest BCUT2D eigenvalue weighted by atomic mass is 10.0. The first-order chi connectivity index (χ1) is 17.3. The number of hydrogen-bond acceptors (Lipinski definition) is 3. The number of rotatable bonds is 12. The zero-order valence-corrected chi connectivity index (χ0v) is 22.2. The van der Waals surface area contributed by atoms with Crippen molar-refractivity contribution < 1.29 is 14.0 Å². The van der Waals surface area contributed by atoms with Crippen LogP contribution in [0.1, 0.15) is 74.2 Å². The first-order valence-electron chi connectivity index (χ1n) is 13.0. The Morgan fingerprint density at radius 1 is 0.833 bits per heavy atom. The molecule has 0 aliphatic carbocycles. The number of nitrogens with zero attached hydrogens (tertiary/aromatic N) is 2. The SMILES string of the molecule is CCCCCc1ccc(C(=O)N(CC(=O)N(CCc2ccccc2)Cc2ccco2)C(C)(C)C)cc1. The minimum absolute atomic E-state index is 0.0100. The van der Waals surface area contributed by atoms with Crippen LogP contribution in [-0.2, 0) is 24.2 Å². The summed E-state index contributed by atoms with van der Waals surface area (Å²) in [6.07, 6.45) is 6.92. The molecule has 0 bridgehead atoms.